The Bertz CT molecular complexity index is 313. The van der Waals surface area contributed by atoms with E-state index in [9.17, 15) is 9.36 Å². The lowest BCUT2D eigenvalue weighted by Gasteiger charge is -2.18. The smallest absolute Gasteiger partial charge is 0.460 e. The molecule has 0 heterocycles. The molecule has 0 rings (SSSR count). The summed E-state index contributed by atoms with van der Waals surface area (Å²) in [6.45, 7) is 6.47. The third-order valence-corrected chi connectivity index (χ3v) is 3.56. The average Bonchev–Trinajstić information content (AvgIpc) is 2.33. The Morgan fingerprint density at radius 3 is 2.29 bits per heavy atom. The molecule has 17 heavy (non-hydrogen) atoms. The lowest BCUT2D eigenvalue weighted by molar-refractivity contribution is -0.141. The van der Waals surface area contributed by atoms with Gasteiger partial charge in [-0.25, -0.2) is 9.36 Å². The van der Waals surface area contributed by atoms with Crippen LogP contribution in [0.5, 0.6) is 0 Å². The van der Waals surface area contributed by atoms with Gasteiger partial charge in [0.05, 0.1) is 23.7 Å². The minimum atomic E-state index is -4.02. The molecule has 0 saturated heterocycles. The third-order valence-electron chi connectivity index (χ3n) is 1.65. The van der Waals surface area contributed by atoms with Gasteiger partial charge in [0.25, 0.3) is 0 Å². The zero-order chi connectivity index (χ0) is 13.5. The van der Waals surface area contributed by atoms with Crippen LogP contribution in [0, 0.1) is 0 Å². The third kappa shape index (κ3) is 6.41. The highest BCUT2D eigenvalue weighted by Crippen LogP contribution is 2.53. The summed E-state index contributed by atoms with van der Waals surface area (Å²) >= 11 is 9.81. The maximum atomic E-state index is 11.4. The molecule has 0 N–H and O–H groups in total. The van der Waals surface area contributed by atoms with Gasteiger partial charge >= 0.3 is 13.8 Å². The molecule has 0 saturated carbocycles. The van der Waals surface area contributed by atoms with Gasteiger partial charge in [-0.05, 0) is 13.3 Å². The Labute approximate surface area is 110 Å². The molecular weight excluding hydrogens is 294 g/mol. The van der Waals surface area contributed by atoms with Gasteiger partial charge in [-0.3, -0.25) is 4.52 Å². The molecule has 0 aromatic rings. The van der Waals surface area contributed by atoms with Crippen molar-refractivity contribution in [3.05, 3.63) is 12.2 Å². The fourth-order valence-corrected chi connectivity index (χ4v) is 1.85. The second-order valence-electron chi connectivity index (χ2n) is 3.10. The van der Waals surface area contributed by atoms with Crippen molar-refractivity contribution in [2.45, 2.75) is 26.4 Å². The minimum Gasteiger partial charge on any atom is -0.460 e. The van der Waals surface area contributed by atoms with E-state index in [1.165, 1.54) is 6.92 Å². The van der Waals surface area contributed by atoms with Crippen LogP contribution in [0.15, 0.2) is 12.2 Å². The highest BCUT2D eigenvalue weighted by molar-refractivity contribution is 7.50. The first kappa shape index (κ1) is 16.9. The normalized spacial score (nSPS) is 13.2. The van der Waals surface area contributed by atoms with Gasteiger partial charge in [0.2, 0.25) is 0 Å². The second-order valence-corrected chi connectivity index (χ2v) is 5.31. The Morgan fingerprint density at radius 2 is 1.94 bits per heavy atom. The summed E-state index contributed by atoms with van der Waals surface area (Å²) in [6, 6.07) is 0. The number of carbonyl (C=O) groups is 1. The zero-order valence-electron chi connectivity index (χ0n) is 9.35. The molecule has 100 valence electrons. The molecule has 0 aromatic carbocycles. The van der Waals surface area contributed by atoms with E-state index in [-0.39, 0.29) is 12.2 Å². The van der Waals surface area contributed by atoms with Gasteiger partial charge in [0.15, 0.2) is 0 Å². The number of carbonyl (C=O) groups excluding carboxylic acids is 1. The van der Waals surface area contributed by atoms with Crippen LogP contribution in [0.4, 0.5) is 0 Å². The molecule has 0 fully saturated rings. The van der Waals surface area contributed by atoms with Crippen molar-refractivity contribution < 1.29 is 26.8 Å². The summed E-state index contributed by atoms with van der Waals surface area (Å²) in [7, 11) is -4.02. The Kier molecular flexibility index (Phi) is 8.03. The topological polar surface area (TPSA) is 71.1 Å². The number of ether oxygens (including phenoxy) is 1. The first-order valence-electron chi connectivity index (χ1n) is 4.60. The van der Waals surface area contributed by atoms with E-state index in [2.05, 4.69) is 14.7 Å². The van der Waals surface area contributed by atoms with E-state index >= 15 is 0 Å². The fourth-order valence-electron chi connectivity index (χ4n) is 0.740. The van der Waals surface area contributed by atoms with Gasteiger partial charge in [-0.2, -0.15) is 8.15 Å². The maximum Gasteiger partial charge on any atom is 0.508 e. The number of phosphoric acid groups is 1. The van der Waals surface area contributed by atoms with Crippen molar-refractivity contribution in [2.24, 2.45) is 0 Å². The molecule has 0 radical (unpaired) electrons. The molecule has 0 aliphatic heterocycles. The predicted octanol–water partition coefficient (Wildman–Crippen LogP) is 3.35. The Balaban J connectivity index is 4.31. The molecule has 0 aromatic heterocycles. The van der Waals surface area contributed by atoms with Crippen molar-refractivity contribution in [3.63, 3.8) is 0 Å². The van der Waals surface area contributed by atoms with E-state index in [1.54, 1.807) is 6.92 Å². The Hall–Kier alpha value is -0.100. The summed E-state index contributed by atoms with van der Waals surface area (Å²) in [6.07, 6.45) is -0.338. The largest absolute Gasteiger partial charge is 0.508 e. The predicted molar refractivity (Wildman–Crippen MR) is 62.4 cm³/mol. The number of hydrogen-bond donors (Lipinski definition) is 0. The van der Waals surface area contributed by atoms with E-state index in [4.69, 9.17) is 33.0 Å². The quantitative estimate of drug-likeness (QED) is 0.389. The standard InChI is InChI=1S/C8H13Cl2O6P/c1-4-7(5-13-8(11)6(2)3)14-17(12,15-9)16-10/h7H,2,4-5H2,1,3H3. The maximum absolute atomic E-state index is 11.4. The lowest BCUT2D eigenvalue weighted by atomic mass is 10.3. The number of esters is 1. The van der Waals surface area contributed by atoms with Crippen molar-refractivity contribution in [3.8, 4) is 0 Å². The molecule has 1 atom stereocenters. The molecule has 0 amide bonds. The van der Waals surface area contributed by atoms with Crippen molar-refractivity contribution in [1.29, 1.82) is 0 Å². The summed E-state index contributed by atoms with van der Waals surface area (Å²) in [4.78, 5) is 11.1. The molecule has 9 heteroatoms. The molecule has 0 spiro atoms. The zero-order valence-corrected chi connectivity index (χ0v) is 11.8. The number of halogens is 2. The lowest BCUT2D eigenvalue weighted by Crippen LogP contribution is -2.21. The van der Waals surface area contributed by atoms with Crippen LogP contribution in [0.1, 0.15) is 20.3 Å². The molecular formula is C8H13Cl2O6P. The summed E-state index contributed by atoms with van der Waals surface area (Å²) in [5.41, 5.74) is 0.241. The van der Waals surface area contributed by atoms with Crippen LogP contribution in [0.25, 0.3) is 0 Å². The molecule has 6 nitrogen and oxygen atoms in total. The van der Waals surface area contributed by atoms with E-state index < -0.39 is 19.9 Å². The average molecular weight is 307 g/mol. The summed E-state index contributed by atoms with van der Waals surface area (Å²) in [5, 5.41) is 0. The highest BCUT2D eigenvalue weighted by atomic mass is 35.5. The molecule has 0 aliphatic rings. The van der Waals surface area contributed by atoms with Crippen LogP contribution >= 0.6 is 31.6 Å². The van der Waals surface area contributed by atoms with Gasteiger partial charge in [0.1, 0.15) is 12.7 Å². The SMILES string of the molecule is C=C(C)C(=O)OCC(CC)OP(=O)(OCl)OCl. The van der Waals surface area contributed by atoms with Crippen LogP contribution < -0.4 is 0 Å². The first-order chi connectivity index (χ1) is 7.88. The second kappa shape index (κ2) is 8.08. The molecule has 1 unspecified atom stereocenters. The fraction of sp³-hybridized carbons (Fsp3) is 0.625. The van der Waals surface area contributed by atoms with E-state index in [0.717, 1.165) is 0 Å². The Morgan fingerprint density at radius 1 is 1.41 bits per heavy atom. The van der Waals surface area contributed by atoms with Crippen molar-refractivity contribution >= 4 is 37.5 Å². The van der Waals surface area contributed by atoms with Crippen LogP contribution in [0.2, 0.25) is 0 Å². The van der Waals surface area contributed by atoms with Crippen molar-refractivity contribution in [1.82, 2.24) is 0 Å². The monoisotopic (exact) mass is 306 g/mol. The van der Waals surface area contributed by atoms with Gasteiger partial charge in [-0.15, -0.1) is 0 Å². The van der Waals surface area contributed by atoms with Gasteiger partial charge < -0.3 is 4.74 Å². The molecule has 0 bridgehead atoms. The molecule has 0 aliphatic carbocycles. The van der Waals surface area contributed by atoms with Crippen LogP contribution in [-0.2, 0) is 26.8 Å². The van der Waals surface area contributed by atoms with Crippen LogP contribution in [0.3, 0.4) is 0 Å². The highest BCUT2D eigenvalue weighted by Gasteiger charge is 2.31. The number of rotatable bonds is 8. The summed E-state index contributed by atoms with van der Waals surface area (Å²) < 4.78 is 29.0. The van der Waals surface area contributed by atoms with Crippen LogP contribution in [-0.4, -0.2) is 18.7 Å². The van der Waals surface area contributed by atoms with E-state index in [1.807, 2.05) is 0 Å². The number of hydrogen-bond acceptors (Lipinski definition) is 6. The minimum absolute atomic E-state index is 0.146. The van der Waals surface area contributed by atoms with Gasteiger partial charge in [0, 0.05) is 5.57 Å². The van der Waals surface area contributed by atoms with E-state index in [0.29, 0.717) is 6.42 Å². The first-order valence-corrected chi connectivity index (χ1v) is 6.68. The summed E-state index contributed by atoms with van der Waals surface area (Å²) in [5.74, 6) is -0.583. The van der Waals surface area contributed by atoms with Gasteiger partial charge in [-0.1, -0.05) is 13.5 Å². The van der Waals surface area contributed by atoms with Crippen molar-refractivity contribution in [2.75, 3.05) is 6.61 Å².